The van der Waals surface area contributed by atoms with E-state index in [1.165, 1.54) is 0 Å². The second-order valence-electron chi connectivity index (χ2n) is 6.02. The average Bonchev–Trinajstić information content (AvgIpc) is 3.01. The summed E-state index contributed by atoms with van der Waals surface area (Å²) >= 11 is 3.52. The van der Waals surface area contributed by atoms with Gasteiger partial charge in [-0.05, 0) is 34.5 Å². The van der Waals surface area contributed by atoms with E-state index in [0.717, 1.165) is 43.1 Å². The number of anilines is 1. The predicted octanol–water partition coefficient (Wildman–Crippen LogP) is 3.60. The minimum Gasteiger partial charge on any atom is -0.366 e. The molecule has 3 heterocycles. The first-order chi connectivity index (χ1) is 12.6. The molecule has 0 spiro atoms. The molecule has 2 N–H and O–H groups in total. The quantitative estimate of drug-likeness (QED) is 0.398. The van der Waals surface area contributed by atoms with Gasteiger partial charge in [0.15, 0.2) is 5.65 Å². The second-order valence-corrected chi connectivity index (χ2v) is 6.87. The van der Waals surface area contributed by atoms with E-state index < -0.39 is 0 Å². The minimum atomic E-state index is 0.547. The highest BCUT2D eigenvalue weighted by atomic mass is 79.9. The van der Waals surface area contributed by atoms with Gasteiger partial charge in [-0.3, -0.25) is 5.21 Å². The van der Waals surface area contributed by atoms with E-state index in [1.807, 2.05) is 24.3 Å². The van der Waals surface area contributed by atoms with Crippen molar-refractivity contribution in [2.75, 3.05) is 5.32 Å². The maximum Gasteiger partial charge on any atom is 0.227 e. The van der Waals surface area contributed by atoms with Crippen molar-refractivity contribution in [2.24, 2.45) is 0 Å². The number of aryl methyl sites for hydroxylation is 1. The van der Waals surface area contributed by atoms with Crippen LogP contribution in [0.3, 0.4) is 0 Å². The van der Waals surface area contributed by atoms with Crippen molar-refractivity contribution in [1.29, 1.82) is 0 Å². The summed E-state index contributed by atoms with van der Waals surface area (Å²) in [5.74, 6) is 0.826. The van der Waals surface area contributed by atoms with Crippen LogP contribution in [0.2, 0.25) is 0 Å². The molecule has 6 nitrogen and oxygen atoms in total. The van der Waals surface area contributed by atoms with Gasteiger partial charge in [0.2, 0.25) is 12.4 Å². The molecular weight excluding hydrogens is 394 g/mol. The van der Waals surface area contributed by atoms with Crippen LogP contribution in [0.4, 0.5) is 5.82 Å². The molecule has 0 aliphatic heterocycles. The zero-order valence-electron chi connectivity index (χ0n) is 14.1. The molecule has 7 heteroatoms. The Balaban J connectivity index is 1.77. The van der Waals surface area contributed by atoms with Crippen LogP contribution in [0.25, 0.3) is 16.9 Å². The van der Waals surface area contributed by atoms with Gasteiger partial charge in [-0.25, -0.2) is 4.98 Å². The summed E-state index contributed by atoms with van der Waals surface area (Å²) in [6.45, 7) is 2.62. The first-order valence-electron chi connectivity index (χ1n) is 8.15. The predicted molar refractivity (Wildman–Crippen MR) is 102 cm³/mol. The Bertz CT molecular complexity index is 1090. The monoisotopic (exact) mass is 410 g/mol. The van der Waals surface area contributed by atoms with Gasteiger partial charge in [-0.1, -0.05) is 24.3 Å². The first kappa shape index (κ1) is 16.5. The number of aromatic nitrogens is 4. The average molecular weight is 411 g/mol. The molecule has 26 heavy (non-hydrogen) atoms. The van der Waals surface area contributed by atoms with Gasteiger partial charge in [0, 0.05) is 34.5 Å². The molecule has 0 unspecified atom stereocenters. The minimum absolute atomic E-state index is 0.547. The third-order valence-corrected chi connectivity index (χ3v) is 4.73. The highest BCUT2D eigenvalue weighted by Gasteiger charge is 2.13. The number of rotatable bonds is 4. The van der Waals surface area contributed by atoms with Gasteiger partial charge in [0.05, 0.1) is 16.4 Å². The topological polar surface area (TPSA) is 66.3 Å². The van der Waals surface area contributed by atoms with Crippen LogP contribution in [-0.2, 0) is 6.54 Å². The Kier molecular flexibility index (Phi) is 4.30. The maximum absolute atomic E-state index is 9.56. The van der Waals surface area contributed by atoms with E-state index in [2.05, 4.69) is 45.4 Å². The van der Waals surface area contributed by atoms with Crippen LogP contribution in [0, 0.1) is 6.92 Å². The highest BCUT2D eigenvalue weighted by molar-refractivity contribution is 9.10. The van der Waals surface area contributed by atoms with Gasteiger partial charge < -0.3 is 5.32 Å². The molecule has 0 aliphatic carbocycles. The third kappa shape index (κ3) is 3.13. The van der Waals surface area contributed by atoms with Crippen molar-refractivity contribution in [3.05, 3.63) is 76.7 Å². The highest BCUT2D eigenvalue weighted by Crippen LogP contribution is 2.27. The van der Waals surface area contributed by atoms with Crippen molar-refractivity contribution < 1.29 is 9.94 Å². The van der Waals surface area contributed by atoms with Crippen molar-refractivity contribution in [2.45, 2.75) is 13.5 Å². The lowest BCUT2D eigenvalue weighted by Gasteiger charge is -2.11. The van der Waals surface area contributed by atoms with Crippen LogP contribution >= 0.6 is 15.9 Å². The van der Waals surface area contributed by atoms with Crippen LogP contribution in [0.1, 0.15) is 11.1 Å². The number of benzene rings is 1. The van der Waals surface area contributed by atoms with Crippen molar-refractivity contribution >= 4 is 27.4 Å². The summed E-state index contributed by atoms with van der Waals surface area (Å²) in [6.07, 6.45) is 4.97. The molecule has 0 radical (unpaired) electrons. The summed E-state index contributed by atoms with van der Waals surface area (Å²) < 4.78 is 3.65. The lowest BCUT2D eigenvalue weighted by molar-refractivity contribution is -0.905. The number of nitrogens with zero attached hydrogens (tertiary/aromatic N) is 4. The lowest BCUT2D eigenvalue weighted by Crippen LogP contribution is -2.29. The molecule has 3 aromatic heterocycles. The molecular formula is C19H17BrN5O+. The molecule has 0 amide bonds. The number of hydrogen-bond donors (Lipinski definition) is 2. The molecule has 4 rings (SSSR count). The Hall–Kier alpha value is -2.93. The molecule has 0 saturated carbocycles. The molecule has 0 fully saturated rings. The summed E-state index contributed by atoms with van der Waals surface area (Å²) in [7, 11) is 0. The Morgan fingerprint density at radius 2 is 2.08 bits per heavy atom. The molecule has 130 valence electrons. The van der Waals surface area contributed by atoms with Gasteiger partial charge in [0.1, 0.15) is 5.82 Å². The SMILES string of the molecule is Cc1ccccc1-c1cc(NCc2ccc[n+](O)c2)n2ncc(Br)c2n1. The van der Waals surface area contributed by atoms with Crippen molar-refractivity contribution in [1.82, 2.24) is 14.6 Å². The fraction of sp³-hybridized carbons (Fsp3) is 0.105. The largest absolute Gasteiger partial charge is 0.366 e. The van der Waals surface area contributed by atoms with Crippen LogP contribution < -0.4 is 10.0 Å². The van der Waals surface area contributed by atoms with Gasteiger partial charge in [0.25, 0.3) is 0 Å². The summed E-state index contributed by atoms with van der Waals surface area (Å²) in [5, 5.41) is 17.3. The van der Waals surface area contributed by atoms with Crippen LogP contribution in [0.5, 0.6) is 0 Å². The molecule has 0 atom stereocenters. The number of pyridine rings is 1. The van der Waals surface area contributed by atoms with Gasteiger partial charge in [-0.2, -0.15) is 9.61 Å². The van der Waals surface area contributed by atoms with Crippen molar-refractivity contribution in [3.8, 4) is 11.3 Å². The van der Waals surface area contributed by atoms with E-state index in [4.69, 9.17) is 4.98 Å². The Morgan fingerprint density at radius 1 is 1.23 bits per heavy atom. The van der Waals surface area contributed by atoms with E-state index in [1.54, 1.807) is 29.2 Å². The number of nitrogens with one attached hydrogen (secondary N) is 1. The van der Waals surface area contributed by atoms with E-state index in [-0.39, 0.29) is 0 Å². The number of fused-ring (bicyclic) bond motifs is 1. The number of halogens is 1. The third-order valence-electron chi connectivity index (χ3n) is 4.17. The van der Waals surface area contributed by atoms with Crippen LogP contribution in [0.15, 0.2) is 65.5 Å². The smallest absolute Gasteiger partial charge is 0.227 e. The van der Waals surface area contributed by atoms with Crippen LogP contribution in [-0.4, -0.2) is 19.8 Å². The lowest BCUT2D eigenvalue weighted by atomic mass is 10.1. The van der Waals surface area contributed by atoms with Crippen molar-refractivity contribution in [3.63, 3.8) is 0 Å². The Labute approximate surface area is 158 Å². The van der Waals surface area contributed by atoms with E-state index in [0.29, 0.717) is 6.54 Å². The first-order valence-corrected chi connectivity index (χ1v) is 8.95. The normalized spacial score (nSPS) is 11.0. The maximum atomic E-state index is 9.56. The fourth-order valence-corrected chi connectivity index (χ4v) is 3.22. The summed E-state index contributed by atoms with van der Waals surface area (Å²) in [6, 6.07) is 13.9. The zero-order valence-corrected chi connectivity index (χ0v) is 15.7. The summed E-state index contributed by atoms with van der Waals surface area (Å²) in [4.78, 5) is 4.77. The van der Waals surface area contributed by atoms with Gasteiger partial charge >= 0.3 is 0 Å². The number of hydrogen-bond acceptors (Lipinski definition) is 4. The Morgan fingerprint density at radius 3 is 2.88 bits per heavy atom. The molecule has 0 aliphatic rings. The fourth-order valence-electron chi connectivity index (χ4n) is 2.87. The van der Waals surface area contributed by atoms with E-state index in [9.17, 15) is 5.21 Å². The van der Waals surface area contributed by atoms with Gasteiger partial charge in [-0.15, -0.1) is 0 Å². The summed E-state index contributed by atoms with van der Waals surface area (Å²) in [5.41, 5.74) is 4.82. The standard InChI is InChI=1S/C19H17BrN5O/c1-13-5-2-3-7-15(13)17-9-18(25-19(23-17)16(20)11-22-25)21-10-14-6-4-8-24(26)12-14/h2-9,11-12,21,26H,10H2,1H3/q+1. The molecule has 0 saturated heterocycles. The molecule has 0 bridgehead atoms. The van der Waals surface area contributed by atoms with E-state index >= 15 is 0 Å². The zero-order chi connectivity index (χ0) is 18.1. The second kappa shape index (κ2) is 6.76. The molecule has 4 aromatic rings. The molecule has 1 aromatic carbocycles.